The Kier molecular flexibility index (Phi) is 7.28. The number of piperidine rings is 1. The first-order valence-corrected chi connectivity index (χ1v) is 12.0. The molecule has 1 saturated heterocycles. The lowest BCUT2D eigenvalue weighted by Crippen LogP contribution is -2.49. The van der Waals surface area contributed by atoms with Gasteiger partial charge in [0.15, 0.2) is 0 Å². The molecule has 1 aliphatic rings. The Morgan fingerprint density at radius 3 is 1.79 bits per heavy atom. The molecule has 2 atom stereocenters. The number of nitrogens with zero attached hydrogens (tertiary/aromatic N) is 1. The zero-order valence-electron chi connectivity index (χ0n) is 19.3. The molecule has 4 heteroatoms. The molecule has 0 spiro atoms. The monoisotopic (exact) mass is 447 g/mol. The van der Waals surface area contributed by atoms with Crippen LogP contribution in [0.4, 0.5) is 4.39 Å². The van der Waals surface area contributed by atoms with E-state index < -0.39 is 11.3 Å². The van der Waals surface area contributed by atoms with Gasteiger partial charge in [-0.05, 0) is 60.4 Å². The van der Waals surface area contributed by atoms with Crippen molar-refractivity contribution in [2.24, 2.45) is 5.92 Å². The molecule has 0 bridgehead atoms. The summed E-state index contributed by atoms with van der Waals surface area (Å²) in [4.78, 5) is 2.13. The van der Waals surface area contributed by atoms with E-state index in [0.29, 0.717) is 18.4 Å². The molecule has 3 aromatic carbocycles. The fraction of sp³-hybridized carbons (Fsp3) is 0.379. The maximum Gasteiger partial charge on any atom is 0.144 e. The highest BCUT2D eigenvalue weighted by Crippen LogP contribution is 2.42. The highest BCUT2D eigenvalue weighted by atomic mass is 19.1. The minimum Gasteiger partial charge on any atom is -0.380 e. The Morgan fingerprint density at radius 1 is 0.758 bits per heavy atom. The highest BCUT2D eigenvalue weighted by molar-refractivity contribution is 5.37. The molecule has 0 aromatic heterocycles. The zero-order chi connectivity index (χ0) is 23.3. The van der Waals surface area contributed by atoms with E-state index in [0.717, 1.165) is 43.5 Å². The molecule has 1 aliphatic heterocycles. The van der Waals surface area contributed by atoms with E-state index in [-0.39, 0.29) is 11.7 Å². The summed E-state index contributed by atoms with van der Waals surface area (Å²) in [5, 5.41) is 24.1. The van der Waals surface area contributed by atoms with Gasteiger partial charge >= 0.3 is 0 Å². The van der Waals surface area contributed by atoms with Gasteiger partial charge in [0.1, 0.15) is 17.1 Å². The average Bonchev–Trinajstić information content (AvgIpc) is 2.88. The van der Waals surface area contributed by atoms with Gasteiger partial charge in [-0.3, -0.25) is 4.90 Å². The molecule has 0 saturated carbocycles. The normalized spacial score (nSPS) is 17.9. The fourth-order valence-corrected chi connectivity index (χ4v) is 5.21. The number of halogens is 1. The summed E-state index contributed by atoms with van der Waals surface area (Å²) >= 11 is 0. The number of rotatable bonds is 8. The minimum absolute atomic E-state index is 0.168. The van der Waals surface area contributed by atoms with Crippen molar-refractivity contribution in [3.05, 3.63) is 107 Å². The summed E-state index contributed by atoms with van der Waals surface area (Å²) in [6, 6.07) is 25.7. The van der Waals surface area contributed by atoms with Gasteiger partial charge in [0, 0.05) is 13.1 Å². The van der Waals surface area contributed by atoms with Gasteiger partial charge in [0.2, 0.25) is 0 Å². The molecule has 0 amide bonds. The third-order valence-electron chi connectivity index (χ3n) is 7.25. The minimum atomic E-state index is -1.20. The quantitative estimate of drug-likeness (QED) is 0.458. The van der Waals surface area contributed by atoms with Crippen LogP contribution in [0.5, 0.6) is 0 Å². The van der Waals surface area contributed by atoms with Crippen LogP contribution in [0.2, 0.25) is 0 Å². The van der Waals surface area contributed by atoms with E-state index in [2.05, 4.69) is 4.90 Å². The largest absolute Gasteiger partial charge is 0.380 e. The first-order valence-electron chi connectivity index (χ1n) is 12.0. The first-order chi connectivity index (χ1) is 15.9. The Balaban J connectivity index is 1.65. The van der Waals surface area contributed by atoms with Crippen molar-refractivity contribution in [3.8, 4) is 0 Å². The molecule has 33 heavy (non-hydrogen) atoms. The predicted molar refractivity (Wildman–Crippen MR) is 130 cm³/mol. The number of benzene rings is 3. The zero-order valence-corrected chi connectivity index (χ0v) is 19.3. The molecule has 0 aliphatic carbocycles. The van der Waals surface area contributed by atoms with Crippen LogP contribution in [-0.4, -0.2) is 28.2 Å². The summed E-state index contributed by atoms with van der Waals surface area (Å²) in [6.07, 6.45) is 4.27. The maximum absolute atomic E-state index is 13.6. The maximum atomic E-state index is 13.6. The molecular weight excluding hydrogens is 413 g/mol. The van der Waals surface area contributed by atoms with E-state index in [1.165, 1.54) is 12.1 Å². The Labute approximate surface area is 196 Å². The lowest BCUT2D eigenvalue weighted by atomic mass is 9.74. The van der Waals surface area contributed by atoms with Crippen LogP contribution >= 0.6 is 0 Å². The summed E-state index contributed by atoms with van der Waals surface area (Å²) in [6.45, 7) is 3.66. The standard InChI is InChI=1S/C29H34FNO2/c1-23(29(33,25-11-5-2-6-12-25)26-13-7-3-8-14-26)19-20-28(32,31-21-9-4-10-22-31)24-15-17-27(30)18-16-24/h2-3,5-8,11-18,23,32-33H,4,9-10,19-22H2,1H3. The fourth-order valence-electron chi connectivity index (χ4n) is 5.21. The lowest BCUT2D eigenvalue weighted by Gasteiger charge is -2.44. The summed E-state index contributed by atoms with van der Waals surface area (Å²) < 4.78 is 13.6. The van der Waals surface area contributed by atoms with E-state index in [1.807, 2.05) is 67.6 Å². The number of hydrogen-bond donors (Lipinski definition) is 2. The Morgan fingerprint density at radius 2 is 1.27 bits per heavy atom. The number of likely N-dealkylation sites (tertiary alicyclic amines) is 1. The first kappa shape index (κ1) is 23.6. The summed E-state index contributed by atoms with van der Waals surface area (Å²) in [5.41, 5.74) is 0.00471. The van der Waals surface area contributed by atoms with Crippen molar-refractivity contribution in [3.63, 3.8) is 0 Å². The predicted octanol–water partition coefficient (Wildman–Crippen LogP) is 5.81. The second-order valence-electron chi connectivity index (χ2n) is 9.31. The molecular formula is C29H34FNO2. The van der Waals surface area contributed by atoms with E-state index >= 15 is 0 Å². The Hall–Kier alpha value is -2.53. The SMILES string of the molecule is CC(CCC(O)(c1ccc(F)cc1)N1CCCCC1)C(O)(c1ccccc1)c1ccccc1. The van der Waals surface area contributed by atoms with E-state index in [4.69, 9.17) is 0 Å². The number of aliphatic hydroxyl groups is 2. The van der Waals surface area contributed by atoms with Crippen molar-refractivity contribution in [2.45, 2.75) is 50.4 Å². The lowest BCUT2D eigenvalue weighted by molar-refractivity contribution is -0.136. The molecule has 4 rings (SSSR count). The van der Waals surface area contributed by atoms with Gasteiger partial charge in [0.25, 0.3) is 0 Å². The molecule has 1 fully saturated rings. The van der Waals surface area contributed by atoms with Gasteiger partial charge in [-0.15, -0.1) is 0 Å². The highest BCUT2D eigenvalue weighted by Gasteiger charge is 2.41. The van der Waals surface area contributed by atoms with Gasteiger partial charge in [-0.25, -0.2) is 4.39 Å². The van der Waals surface area contributed by atoms with Crippen LogP contribution in [0.1, 0.15) is 55.7 Å². The summed E-state index contributed by atoms with van der Waals surface area (Å²) in [5.74, 6) is -0.477. The second-order valence-corrected chi connectivity index (χ2v) is 9.31. The third kappa shape index (κ3) is 4.89. The van der Waals surface area contributed by atoms with Crippen LogP contribution in [0, 0.1) is 11.7 Å². The van der Waals surface area contributed by atoms with Gasteiger partial charge in [-0.1, -0.05) is 86.1 Å². The molecule has 1 heterocycles. The van der Waals surface area contributed by atoms with E-state index in [9.17, 15) is 14.6 Å². The van der Waals surface area contributed by atoms with Gasteiger partial charge in [0.05, 0.1) is 0 Å². The average molecular weight is 448 g/mol. The number of hydrogen-bond acceptors (Lipinski definition) is 3. The van der Waals surface area contributed by atoms with Crippen LogP contribution in [-0.2, 0) is 11.3 Å². The topological polar surface area (TPSA) is 43.7 Å². The molecule has 3 nitrogen and oxygen atoms in total. The van der Waals surface area contributed by atoms with Gasteiger partial charge in [-0.2, -0.15) is 0 Å². The Bertz CT molecular complexity index is 963. The van der Waals surface area contributed by atoms with Crippen molar-refractivity contribution in [2.75, 3.05) is 13.1 Å². The van der Waals surface area contributed by atoms with Crippen LogP contribution in [0.15, 0.2) is 84.9 Å². The van der Waals surface area contributed by atoms with E-state index in [1.54, 1.807) is 12.1 Å². The third-order valence-corrected chi connectivity index (χ3v) is 7.25. The second kappa shape index (κ2) is 10.2. The van der Waals surface area contributed by atoms with Crippen LogP contribution < -0.4 is 0 Å². The van der Waals surface area contributed by atoms with Crippen molar-refractivity contribution >= 4 is 0 Å². The van der Waals surface area contributed by atoms with Crippen molar-refractivity contribution < 1.29 is 14.6 Å². The molecule has 2 unspecified atom stereocenters. The summed E-state index contributed by atoms with van der Waals surface area (Å²) in [7, 11) is 0. The molecule has 174 valence electrons. The van der Waals surface area contributed by atoms with Crippen molar-refractivity contribution in [1.29, 1.82) is 0 Å². The van der Waals surface area contributed by atoms with Crippen LogP contribution in [0.25, 0.3) is 0 Å². The smallest absolute Gasteiger partial charge is 0.144 e. The van der Waals surface area contributed by atoms with Gasteiger partial charge < -0.3 is 10.2 Å². The molecule has 0 radical (unpaired) electrons. The molecule has 3 aromatic rings. The molecule has 2 N–H and O–H groups in total. The van der Waals surface area contributed by atoms with Crippen molar-refractivity contribution in [1.82, 2.24) is 4.90 Å². The van der Waals surface area contributed by atoms with Crippen LogP contribution in [0.3, 0.4) is 0 Å².